The molecule has 3 N–H and O–H groups in total. The first-order chi connectivity index (χ1) is 13.8. The minimum Gasteiger partial charge on any atom is -0.435 e. The maximum Gasteiger partial charge on any atom is 0.387 e. The molecule has 29 heavy (non-hydrogen) atoms. The van der Waals surface area contributed by atoms with Gasteiger partial charge in [-0.3, -0.25) is 9.69 Å². The van der Waals surface area contributed by atoms with Gasteiger partial charge in [-0.25, -0.2) is 4.99 Å². The highest BCUT2D eigenvalue weighted by atomic mass is 19.3. The molecule has 1 atom stereocenters. The summed E-state index contributed by atoms with van der Waals surface area (Å²) < 4.78 is 29.4. The number of nitrogens with two attached hydrogens (primary N) is 1. The number of ether oxygens (including phenoxy) is 1. The first kappa shape index (κ1) is 19.3. The molecule has 1 aliphatic carbocycles. The molecule has 1 aliphatic heterocycles. The Morgan fingerprint density at radius 1 is 1.21 bits per heavy atom. The highest BCUT2D eigenvalue weighted by Gasteiger charge is 2.49. The predicted molar refractivity (Wildman–Crippen MR) is 103 cm³/mol. The van der Waals surface area contributed by atoms with Crippen LogP contribution in [0.2, 0.25) is 0 Å². The van der Waals surface area contributed by atoms with E-state index < -0.39 is 12.2 Å². The summed E-state index contributed by atoms with van der Waals surface area (Å²) in [5, 5.41) is 9.62. The van der Waals surface area contributed by atoms with Crippen LogP contribution in [-0.2, 0) is 10.3 Å². The second kappa shape index (κ2) is 7.11. The number of halogens is 2. The quantitative estimate of drug-likeness (QED) is 0.806. The van der Waals surface area contributed by atoms with E-state index in [0.29, 0.717) is 24.0 Å². The molecule has 0 bridgehead atoms. The number of aliphatic imine (C=N–C) groups is 1. The molecule has 0 radical (unpaired) electrons. The number of nitrogens with zero attached hydrogens (tertiary/aromatic N) is 2. The molecule has 8 heteroatoms. The number of guanidine groups is 1. The van der Waals surface area contributed by atoms with Crippen molar-refractivity contribution >= 4 is 11.9 Å². The van der Waals surface area contributed by atoms with Crippen LogP contribution < -0.4 is 10.5 Å². The number of carbonyl (C=O) groups excluding carboxylic acids is 1. The largest absolute Gasteiger partial charge is 0.435 e. The number of hydrogen-bond acceptors (Lipinski definition) is 5. The molecule has 0 spiro atoms. The van der Waals surface area contributed by atoms with Crippen molar-refractivity contribution in [1.29, 1.82) is 0 Å². The molecule has 0 saturated heterocycles. The van der Waals surface area contributed by atoms with Crippen LogP contribution in [0.3, 0.4) is 0 Å². The highest BCUT2D eigenvalue weighted by Crippen LogP contribution is 2.43. The van der Waals surface area contributed by atoms with Crippen LogP contribution in [-0.4, -0.2) is 41.6 Å². The van der Waals surface area contributed by atoms with Crippen molar-refractivity contribution < 1.29 is 23.4 Å². The maximum atomic E-state index is 13.3. The van der Waals surface area contributed by atoms with Gasteiger partial charge in [0, 0.05) is 7.05 Å². The Kier molecular flexibility index (Phi) is 4.74. The first-order valence-electron chi connectivity index (χ1n) is 9.28. The Balaban J connectivity index is 1.79. The third kappa shape index (κ3) is 3.23. The van der Waals surface area contributed by atoms with E-state index in [9.17, 15) is 18.7 Å². The van der Waals surface area contributed by atoms with E-state index in [2.05, 4.69) is 9.73 Å². The van der Waals surface area contributed by atoms with Crippen molar-refractivity contribution in [3.05, 3.63) is 65.2 Å². The smallest absolute Gasteiger partial charge is 0.387 e. The normalized spacial score (nSPS) is 26.4. The Hall–Kier alpha value is -3.00. The SMILES string of the molecule is CN1C(=O)C(c2ccc(OC(F)F)cc2)(c2cccc(C3CC(O)C3)c2)N=C1N. The summed E-state index contributed by atoms with van der Waals surface area (Å²) in [6, 6.07) is 13.4. The molecule has 0 aromatic heterocycles. The molecule has 152 valence electrons. The van der Waals surface area contributed by atoms with E-state index in [-0.39, 0.29) is 29.6 Å². The van der Waals surface area contributed by atoms with Crippen molar-refractivity contribution in [2.45, 2.75) is 37.0 Å². The molecule has 1 heterocycles. The van der Waals surface area contributed by atoms with Crippen molar-refractivity contribution in [2.24, 2.45) is 10.7 Å². The molecule has 2 aliphatic rings. The summed E-state index contributed by atoms with van der Waals surface area (Å²) in [6.07, 6.45) is 1.05. The number of rotatable bonds is 5. The third-order valence-electron chi connectivity index (χ3n) is 5.63. The zero-order valence-electron chi connectivity index (χ0n) is 15.8. The average molecular weight is 401 g/mol. The van der Waals surface area contributed by atoms with Gasteiger partial charge in [0.1, 0.15) is 5.75 Å². The fourth-order valence-corrected chi connectivity index (χ4v) is 3.94. The van der Waals surface area contributed by atoms with E-state index in [0.717, 1.165) is 5.56 Å². The van der Waals surface area contributed by atoms with Crippen LogP contribution in [0.1, 0.15) is 35.4 Å². The Bertz CT molecular complexity index is 958. The second-order valence-electron chi connectivity index (χ2n) is 7.40. The summed E-state index contributed by atoms with van der Waals surface area (Å²) >= 11 is 0. The minimum absolute atomic E-state index is 0.00754. The summed E-state index contributed by atoms with van der Waals surface area (Å²) in [5.74, 6) is -0.0399. The number of likely N-dealkylation sites (N-methyl/N-ethyl adjacent to an activating group) is 1. The van der Waals surface area contributed by atoms with Crippen molar-refractivity contribution in [2.75, 3.05) is 7.05 Å². The first-order valence-corrected chi connectivity index (χ1v) is 9.28. The van der Waals surface area contributed by atoms with Gasteiger partial charge in [-0.2, -0.15) is 8.78 Å². The number of benzene rings is 2. The van der Waals surface area contributed by atoms with Gasteiger partial charge in [0.15, 0.2) is 11.5 Å². The molecule has 2 aromatic rings. The summed E-state index contributed by atoms with van der Waals surface area (Å²) in [5.41, 5.74) is 6.72. The van der Waals surface area contributed by atoms with Crippen LogP contribution in [0.15, 0.2) is 53.5 Å². The second-order valence-corrected chi connectivity index (χ2v) is 7.40. The van der Waals surface area contributed by atoms with Crippen LogP contribution in [0, 0.1) is 0 Å². The topological polar surface area (TPSA) is 88.2 Å². The molecule has 6 nitrogen and oxygen atoms in total. The van der Waals surface area contributed by atoms with E-state index in [4.69, 9.17) is 5.73 Å². The van der Waals surface area contributed by atoms with Crippen LogP contribution in [0.25, 0.3) is 0 Å². The van der Waals surface area contributed by atoms with Gasteiger partial charge in [0.05, 0.1) is 6.10 Å². The summed E-state index contributed by atoms with van der Waals surface area (Å²) in [7, 11) is 1.54. The van der Waals surface area contributed by atoms with Gasteiger partial charge in [-0.15, -0.1) is 0 Å². The van der Waals surface area contributed by atoms with Crippen molar-refractivity contribution in [3.8, 4) is 5.75 Å². The lowest BCUT2D eigenvalue weighted by Gasteiger charge is -2.33. The van der Waals surface area contributed by atoms with Crippen LogP contribution in [0.4, 0.5) is 8.78 Å². The molecule has 1 saturated carbocycles. The Morgan fingerprint density at radius 2 is 1.90 bits per heavy atom. The highest BCUT2D eigenvalue weighted by molar-refractivity contribution is 6.08. The molecule has 2 aromatic carbocycles. The van der Waals surface area contributed by atoms with Gasteiger partial charge >= 0.3 is 6.61 Å². The van der Waals surface area contributed by atoms with Crippen LogP contribution in [0.5, 0.6) is 5.75 Å². The van der Waals surface area contributed by atoms with E-state index in [1.165, 1.54) is 17.0 Å². The van der Waals surface area contributed by atoms with Crippen LogP contribution >= 0.6 is 0 Å². The average Bonchev–Trinajstić information content (AvgIpc) is 2.91. The molecular formula is C21H21F2N3O3. The molecular weight excluding hydrogens is 380 g/mol. The standard InChI is InChI=1S/C21H21F2N3O3/c1-26-18(28)21(25-20(26)24,14-5-7-17(8-6-14)29-19(22)23)15-4-2-3-12(9-15)13-10-16(27)11-13/h2-9,13,16,19,27H,10-11H2,1H3,(H2,24,25). The number of amides is 1. The van der Waals surface area contributed by atoms with Gasteiger partial charge in [-0.05, 0) is 47.6 Å². The van der Waals surface area contributed by atoms with Crippen molar-refractivity contribution in [1.82, 2.24) is 4.90 Å². The summed E-state index contributed by atoms with van der Waals surface area (Å²) in [4.78, 5) is 19.0. The maximum absolute atomic E-state index is 13.3. The molecule has 1 amide bonds. The third-order valence-corrected chi connectivity index (χ3v) is 5.63. The number of alkyl halides is 2. The Labute approximate surface area is 166 Å². The number of carbonyl (C=O) groups is 1. The minimum atomic E-state index is -2.93. The zero-order valence-corrected chi connectivity index (χ0v) is 15.8. The van der Waals surface area contributed by atoms with Gasteiger partial charge < -0.3 is 15.6 Å². The number of hydrogen-bond donors (Lipinski definition) is 2. The molecule has 1 fully saturated rings. The fourth-order valence-electron chi connectivity index (χ4n) is 3.94. The lowest BCUT2D eigenvalue weighted by molar-refractivity contribution is -0.129. The predicted octanol–water partition coefficient (Wildman–Crippen LogP) is 2.56. The van der Waals surface area contributed by atoms with Gasteiger partial charge in [0.25, 0.3) is 5.91 Å². The zero-order chi connectivity index (χ0) is 20.8. The van der Waals surface area contributed by atoms with E-state index in [1.807, 2.05) is 18.2 Å². The molecule has 1 unspecified atom stereocenters. The lowest BCUT2D eigenvalue weighted by Crippen LogP contribution is -2.41. The summed E-state index contributed by atoms with van der Waals surface area (Å²) in [6.45, 7) is -2.93. The Morgan fingerprint density at radius 3 is 2.45 bits per heavy atom. The number of aliphatic hydroxyl groups excluding tert-OH is 1. The van der Waals surface area contributed by atoms with E-state index >= 15 is 0 Å². The fraction of sp³-hybridized carbons (Fsp3) is 0.333. The number of aliphatic hydroxyl groups is 1. The molecule has 4 rings (SSSR count). The van der Waals surface area contributed by atoms with E-state index in [1.54, 1.807) is 25.2 Å². The van der Waals surface area contributed by atoms with Gasteiger partial charge in [-0.1, -0.05) is 36.4 Å². The lowest BCUT2D eigenvalue weighted by atomic mass is 9.75. The van der Waals surface area contributed by atoms with Gasteiger partial charge in [0.2, 0.25) is 0 Å². The van der Waals surface area contributed by atoms with Crippen molar-refractivity contribution in [3.63, 3.8) is 0 Å². The monoisotopic (exact) mass is 401 g/mol.